The van der Waals surface area contributed by atoms with Crippen molar-refractivity contribution in [1.82, 2.24) is 10.3 Å². The minimum atomic E-state index is -0.606. The zero-order valence-corrected chi connectivity index (χ0v) is 20.8. The molecule has 1 saturated heterocycles. The van der Waals surface area contributed by atoms with Crippen LogP contribution in [0.2, 0.25) is 0 Å². The number of nitro groups is 1. The van der Waals surface area contributed by atoms with Crippen LogP contribution in [0.4, 0.5) is 30.9 Å². The van der Waals surface area contributed by atoms with Gasteiger partial charge in [-0.25, -0.2) is 18.6 Å². The Kier molecular flexibility index (Phi) is 7.48. The molecule has 1 atom stereocenters. The number of carbonyl (C=O) groups is 1. The van der Waals surface area contributed by atoms with E-state index in [0.29, 0.717) is 31.1 Å². The lowest BCUT2D eigenvalue weighted by molar-refractivity contribution is -0.384. The number of hydrogen-bond donors (Lipinski definition) is 2. The number of amides is 2. The van der Waals surface area contributed by atoms with Gasteiger partial charge in [-0.15, -0.1) is 0 Å². The maximum Gasteiger partial charge on any atom is 0.320 e. The topological polar surface area (TPSA) is 100 Å². The molecule has 1 aromatic heterocycles. The van der Waals surface area contributed by atoms with Crippen molar-refractivity contribution >= 4 is 23.4 Å². The fourth-order valence-electron chi connectivity index (χ4n) is 5.60. The Morgan fingerprint density at radius 1 is 1.00 bits per heavy atom. The van der Waals surface area contributed by atoms with E-state index in [1.54, 1.807) is 4.90 Å². The van der Waals surface area contributed by atoms with Crippen LogP contribution in [0, 0.1) is 21.7 Å². The van der Waals surface area contributed by atoms with Crippen LogP contribution in [0.15, 0.2) is 60.7 Å². The van der Waals surface area contributed by atoms with Crippen LogP contribution in [-0.4, -0.2) is 28.5 Å². The number of nitrogens with one attached hydrogen (secondary N) is 2. The van der Waals surface area contributed by atoms with E-state index in [1.807, 2.05) is 18.2 Å². The summed E-state index contributed by atoms with van der Waals surface area (Å²) in [6.07, 6.45) is 4.78. The molecule has 198 valence electrons. The molecule has 3 aromatic rings. The van der Waals surface area contributed by atoms with Crippen LogP contribution in [0.3, 0.4) is 0 Å². The number of hydrogen-bond acceptors (Lipinski definition) is 5. The highest BCUT2D eigenvalue weighted by Gasteiger charge is 2.31. The number of rotatable bonds is 6. The molecule has 2 fully saturated rings. The Hall–Kier alpha value is -4.08. The van der Waals surface area contributed by atoms with E-state index in [2.05, 4.69) is 27.8 Å². The van der Waals surface area contributed by atoms with Crippen LogP contribution >= 0.6 is 0 Å². The molecule has 38 heavy (non-hydrogen) atoms. The van der Waals surface area contributed by atoms with Gasteiger partial charge in [0.05, 0.1) is 11.0 Å². The van der Waals surface area contributed by atoms with E-state index in [9.17, 15) is 23.7 Å². The minimum Gasteiger partial charge on any atom is -0.349 e. The summed E-state index contributed by atoms with van der Waals surface area (Å²) in [4.78, 5) is 30.0. The van der Waals surface area contributed by atoms with Crippen molar-refractivity contribution in [1.29, 1.82) is 0 Å². The van der Waals surface area contributed by atoms with Gasteiger partial charge in [-0.2, -0.15) is 0 Å². The van der Waals surface area contributed by atoms with Gasteiger partial charge in [0, 0.05) is 24.2 Å². The monoisotopic (exact) mass is 521 g/mol. The fourth-order valence-corrected chi connectivity index (χ4v) is 5.60. The molecule has 2 N–H and O–H groups in total. The van der Waals surface area contributed by atoms with Crippen LogP contribution < -0.4 is 15.5 Å². The summed E-state index contributed by atoms with van der Waals surface area (Å²) in [5.74, 6) is -0.450. The van der Waals surface area contributed by atoms with Crippen LogP contribution in [0.5, 0.6) is 0 Å². The molecule has 2 heterocycles. The predicted molar refractivity (Wildman–Crippen MR) is 140 cm³/mol. The molecular formula is C28H29F2N5O3. The van der Waals surface area contributed by atoms with E-state index in [4.69, 9.17) is 0 Å². The van der Waals surface area contributed by atoms with Gasteiger partial charge in [-0.05, 0) is 74.3 Å². The van der Waals surface area contributed by atoms with Gasteiger partial charge in [0.25, 0.3) is 0 Å². The second-order valence-electron chi connectivity index (χ2n) is 9.87. The number of halogens is 2. The van der Waals surface area contributed by atoms with E-state index in [1.165, 1.54) is 23.8 Å². The average molecular weight is 522 g/mol. The first-order valence-corrected chi connectivity index (χ1v) is 12.9. The zero-order valence-electron chi connectivity index (χ0n) is 20.8. The molecule has 1 aliphatic heterocycles. The summed E-state index contributed by atoms with van der Waals surface area (Å²) in [6, 6.07) is 15.3. The average Bonchev–Trinajstić information content (AvgIpc) is 3.40. The summed E-state index contributed by atoms with van der Waals surface area (Å²) in [6.45, 7) is 0.516. The standard InChI is InChI=1S/C28H29F2N5O3/c29-20-10-13-23(30)22(17-20)24-7-4-16-34(24)26-15-14-25(35(37)38)27(32-26)33-28(36)31-21-11-8-19(9-12-21)18-5-2-1-3-6-18/h1-3,5-6,10,13-15,17,19,21,24H,4,7-9,11-12,16H2,(H2,31,32,33,36)/t19?,21?,24-/m1/s1. The highest BCUT2D eigenvalue weighted by Crippen LogP contribution is 2.38. The van der Waals surface area contributed by atoms with Gasteiger partial charge >= 0.3 is 11.7 Å². The molecule has 2 aliphatic rings. The van der Waals surface area contributed by atoms with Gasteiger partial charge in [-0.3, -0.25) is 15.4 Å². The quantitative estimate of drug-likeness (QED) is 0.287. The molecule has 0 spiro atoms. The minimum absolute atomic E-state index is 0.0453. The molecular weight excluding hydrogens is 492 g/mol. The van der Waals surface area contributed by atoms with Crippen LogP contribution in [0.25, 0.3) is 0 Å². The molecule has 0 radical (unpaired) electrons. The summed E-state index contributed by atoms with van der Waals surface area (Å²) in [5.41, 5.74) is 1.16. The fraction of sp³-hybridized carbons (Fsp3) is 0.357. The maximum atomic E-state index is 14.5. The lowest BCUT2D eigenvalue weighted by atomic mass is 9.82. The normalized spacial score (nSPS) is 21.2. The molecule has 2 amide bonds. The van der Waals surface area contributed by atoms with Crippen molar-refractivity contribution in [3.63, 3.8) is 0 Å². The van der Waals surface area contributed by atoms with Gasteiger partial charge in [0.15, 0.2) is 0 Å². The van der Waals surface area contributed by atoms with Gasteiger partial charge in [-0.1, -0.05) is 30.3 Å². The van der Waals surface area contributed by atoms with Gasteiger partial charge in [0.1, 0.15) is 17.5 Å². The van der Waals surface area contributed by atoms with Gasteiger partial charge in [0.2, 0.25) is 5.82 Å². The van der Waals surface area contributed by atoms with E-state index in [0.717, 1.165) is 37.8 Å². The molecule has 5 rings (SSSR count). The summed E-state index contributed by atoms with van der Waals surface area (Å²) >= 11 is 0. The van der Waals surface area contributed by atoms with Crippen molar-refractivity contribution < 1.29 is 18.5 Å². The Bertz CT molecular complexity index is 1320. The van der Waals surface area contributed by atoms with Gasteiger partial charge < -0.3 is 10.2 Å². The Morgan fingerprint density at radius 2 is 1.76 bits per heavy atom. The van der Waals surface area contributed by atoms with E-state index in [-0.39, 0.29) is 23.1 Å². The lowest BCUT2D eigenvalue weighted by Gasteiger charge is -2.29. The summed E-state index contributed by atoms with van der Waals surface area (Å²) in [5, 5.41) is 17.1. The highest BCUT2D eigenvalue weighted by molar-refractivity contribution is 5.91. The number of aromatic nitrogens is 1. The number of urea groups is 1. The van der Waals surface area contributed by atoms with E-state index >= 15 is 0 Å². The largest absolute Gasteiger partial charge is 0.349 e. The van der Waals surface area contributed by atoms with E-state index < -0.39 is 28.6 Å². The Balaban J connectivity index is 1.28. The number of benzene rings is 2. The van der Waals surface area contributed by atoms with Crippen molar-refractivity contribution in [2.45, 2.75) is 56.5 Å². The third-order valence-corrected chi connectivity index (χ3v) is 7.49. The zero-order chi connectivity index (χ0) is 26.6. The SMILES string of the molecule is O=C(Nc1nc(N2CCC[C@@H]2c2cc(F)ccc2F)ccc1[N+](=O)[O-])NC1CCC(c2ccccc2)CC1. The second-order valence-corrected chi connectivity index (χ2v) is 9.87. The van der Waals surface area contributed by atoms with Crippen molar-refractivity contribution in [2.75, 3.05) is 16.8 Å². The molecule has 1 saturated carbocycles. The Morgan fingerprint density at radius 3 is 2.50 bits per heavy atom. The third kappa shape index (κ3) is 5.58. The van der Waals surface area contributed by atoms with Crippen LogP contribution in [-0.2, 0) is 0 Å². The number of pyridine rings is 1. The first-order valence-electron chi connectivity index (χ1n) is 12.9. The molecule has 2 aromatic carbocycles. The Labute approximate surface area is 219 Å². The van der Waals surface area contributed by atoms with Crippen LogP contribution in [0.1, 0.15) is 61.6 Å². The van der Waals surface area contributed by atoms with Crippen molar-refractivity contribution in [3.8, 4) is 0 Å². The second kappa shape index (κ2) is 11.1. The highest BCUT2D eigenvalue weighted by atomic mass is 19.1. The van der Waals surface area contributed by atoms with Crippen molar-refractivity contribution in [3.05, 3.63) is 93.5 Å². The van der Waals surface area contributed by atoms with Crippen molar-refractivity contribution in [2.24, 2.45) is 0 Å². The molecule has 10 heteroatoms. The maximum absolute atomic E-state index is 14.5. The number of nitrogens with zero attached hydrogens (tertiary/aromatic N) is 3. The first-order chi connectivity index (χ1) is 18.4. The summed E-state index contributed by atoms with van der Waals surface area (Å²) in [7, 11) is 0. The number of carbonyl (C=O) groups excluding carboxylic acids is 1. The smallest absolute Gasteiger partial charge is 0.320 e. The first kappa shape index (κ1) is 25.6. The molecule has 0 unspecified atom stereocenters. The summed E-state index contributed by atoms with van der Waals surface area (Å²) < 4.78 is 28.4. The molecule has 8 nitrogen and oxygen atoms in total. The predicted octanol–water partition coefficient (Wildman–Crippen LogP) is 6.46. The number of anilines is 2. The molecule has 1 aliphatic carbocycles. The third-order valence-electron chi connectivity index (χ3n) is 7.49. The molecule has 0 bridgehead atoms. The lowest BCUT2D eigenvalue weighted by Crippen LogP contribution is -2.40.